The molecule has 0 bridgehead atoms. The lowest BCUT2D eigenvalue weighted by atomic mass is 9.51. The van der Waals surface area contributed by atoms with E-state index in [0.29, 0.717) is 11.3 Å². The number of Topliss-reactive ketones (excluding diaryl/α,β-unsaturated/α-hetero) is 2. The number of carbonyl (C=O) groups is 3. The number of benzene rings is 1. The molecule has 1 saturated carbocycles. The highest BCUT2D eigenvalue weighted by atomic mass is 16.3. The van der Waals surface area contributed by atoms with E-state index in [1.807, 2.05) is 13.0 Å². The van der Waals surface area contributed by atoms with E-state index >= 15 is 0 Å². The summed E-state index contributed by atoms with van der Waals surface area (Å²) in [6, 6.07) is 2.58. The fourth-order valence-corrected chi connectivity index (χ4v) is 7.59. The Labute approximate surface area is 232 Å². The molecule has 1 saturated heterocycles. The molecule has 11 heteroatoms. The van der Waals surface area contributed by atoms with E-state index in [4.69, 9.17) is 5.73 Å². The number of amides is 1. The Morgan fingerprint density at radius 2 is 1.75 bits per heavy atom. The summed E-state index contributed by atoms with van der Waals surface area (Å²) in [4.78, 5) is 43.5. The van der Waals surface area contributed by atoms with Crippen LogP contribution in [0, 0.1) is 17.8 Å². The summed E-state index contributed by atoms with van der Waals surface area (Å²) in [6.07, 6.45) is 1.76. The number of phenols is 1. The van der Waals surface area contributed by atoms with Gasteiger partial charge in [-0.2, -0.15) is 0 Å². The molecule has 0 radical (unpaired) electrons. The number of phenolic OH excluding ortho intramolecular Hbond substituents is 1. The maximum atomic E-state index is 14.2. The number of hydrogen-bond acceptors (Lipinski definition) is 10. The number of hydrogen-bond donors (Lipinski definition) is 6. The van der Waals surface area contributed by atoms with E-state index < -0.39 is 69.9 Å². The van der Waals surface area contributed by atoms with Gasteiger partial charge in [-0.25, -0.2) is 0 Å². The van der Waals surface area contributed by atoms with Gasteiger partial charge in [-0.3, -0.25) is 19.3 Å². The van der Waals surface area contributed by atoms with Crippen molar-refractivity contribution in [2.45, 2.75) is 50.3 Å². The maximum Gasteiger partial charge on any atom is 0.255 e. The molecule has 1 heterocycles. The third-order valence-electron chi connectivity index (χ3n) is 9.60. The molecule has 3 aliphatic carbocycles. The Morgan fingerprint density at radius 1 is 1.12 bits per heavy atom. The molecule has 0 aromatic heterocycles. The first-order valence-electron chi connectivity index (χ1n) is 13.7. The normalized spacial score (nSPS) is 33.1. The Balaban J connectivity index is 1.67. The van der Waals surface area contributed by atoms with Crippen molar-refractivity contribution in [3.8, 4) is 5.75 Å². The summed E-state index contributed by atoms with van der Waals surface area (Å²) in [5, 5.41) is 49.3. The molecular weight excluding hydrogens is 516 g/mol. The van der Waals surface area contributed by atoms with Gasteiger partial charge in [-0.15, -0.1) is 0 Å². The second kappa shape index (κ2) is 9.60. The molecule has 40 heavy (non-hydrogen) atoms. The summed E-state index contributed by atoms with van der Waals surface area (Å²) in [6.45, 7) is 5.44. The largest absolute Gasteiger partial charge is 0.508 e. The molecule has 0 unspecified atom stereocenters. The fraction of sp³-hybridized carbons (Fsp3) is 0.552. The van der Waals surface area contributed by atoms with E-state index in [2.05, 4.69) is 17.3 Å². The zero-order chi connectivity index (χ0) is 29.4. The Kier molecular flexibility index (Phi) is 6.75. The summed E-state index contributed by atoms with van der Waals surface area (Å²) < 4.78 is 0. The number of anilines is 1. The van der Waals surface area contributed by atoms with Crippen LogP contribution < -0.4 is 11.1 Å². The van der Waals surface area contributed by atoms with Crippen molar-refractivity contribution in [1.82, 2.24) is 9.80 Å². The van der Waals surface area contributed by atoms with Gasteiger partial charge in [0.1, 0.15) is 22.8 Å². The minimum atomic E-state index is -2.68. The van der Waals surface area contributed by atoms with Gasteiger partial charge >= 0.3 is 0 Å². The fourth-order valence-electron chi connectivity index (χ4n) is 7.59. The molecule has 6 atom stereocenters. The number of likely N-dealkylation sites (N-methyl/N-ethyl adjacent to an activating group) is 1. The number of piperidine rings is 1. The maximum absolute atomic E-state index is 14.2. The van der Waals surface area contributed by atoms with Crippen LogP contribution in [0.2, 0.25) is 0 Å². The molecular formula is C29H38N4O7. The third kappa shape index (κ3) is 3.78. The number of primary amides is 1. The van der Waals surface area contributed by atoms with Gasteiger partial charge in [-0.05, 0) is 70.5 Å². The van der Waals surface area contributed by atoms with E-state index in [1.165, 1.54) is 4.90 Å². The molecule has 2 fully saturated rings. The number of likely N-dealkylation sites (tertiary alicyclic amines) is 1. The van der Waals surface area contributed by atoms with Gasteiger partial charge in [0, 0.05) is 23.5 Å². The van der Waals surface area contributed by atoms with Crippen molar-refractivity contribution >= 4 is 28.9 Å². The second-order valence-corrected chi connectivity index (χ2v) is 12.1. The first kappa shape index (κ1) is 28.1. The number of nitrogens with two attached hydrogens (primary N) is 1. The molecule has 11 nitrogen and oxygen atoms in total. The monoisotopic (exact) mass is 554 g/mol. The van der Waals surface area contributed by atoms with Gasteiger partial charge in [0.25, 0.3) is 5.91 Å². The standard InChI is InChI=1S/C29H38N4O7/c1-12-15-6-7-16(31-14-8-10-33(5)11-9-14)23(34)18(15)24(35)19-17(12)13(2)21-22(32(3)4)25(36)20(28(30)39)27(38)29(21,40)26(19)37/h6-7,12-14,17,21-22,31,34-35,38,40H,8-11H2,1-5H3,(H2,30,39)/t12-,13-,17-,21-,22-,29-/m0/s1. The van der Waals surface area contributed by atoms with E-state index in [0.717, 1.165) is 25.9 Å². The van der Waals surface area contributed by atoms with Crippen LogP contribution in [0.1, 0.15) is 43.7 Å². The molecule has 1 aromatic carbocycles. The van der Waals surface area contributed by atoms with Crippen molar-refractivity contribution < 1.29 is 34.8 Å². The zero-order valence-corrected chi connectivity index (χ0v) is 23.4. The highest BCUT2D eigenvalue weighted by Gasteiger charge is 2.67. The summed E-state index contributed by atoms with van der Waals surface area (Å²) >= 11 is 0. The summed E-state index contributed by atoms with van der Waals surface area (Å²) in [5.41, 5.74) is 2.90. The van der Waals surface area contributed by atoms with E-state index in [-0.39, 0.29) is 22.9 Å². The summed E-state index contributed by atoms with van der Waals surface area (Å²) in [5.74, 6) is -7.61. The number of aliphatic hydroxyl groups excluding tert-OH is 2. The lowest BCUT2D eigenvalue weighted by molar-refractivity contribution is -0.160. The molecule has 1 aromatic rings. The van der Waals surface area contributed by atoms with Gasteiger partial charge in [0.05, 0.1) is 17.3 Å². The van der Waals surface area contributed by atoms with Crippen molar-refractivity contribution in [3.05, 3.63) is 40.2 Å². The number of ketones is 2. The zero-order valence-electron chi connectivity index (χ0n) is 23.4. The van der Waals surface area contributed by atoms with Crippen LogP contribution in [-0.2, 0) is 14.4 Å². The Morgan fingerprint density at radius 3 is 2.33 bits per heavy atom. The average molecular weight is 555 g/mol. The van der Waals surface area contributed by atoms with Crippen molar-refractivity contribution in [1.29, 1.82) is 0 Å². The highest BCUT2D eigenvalue weighted by molar-refractivity contribution is 6.24. The number of fused-ring (bicyclic) bond motifs is 3. The number of aliphatic hydroxyl groups is 3. The third-order valence-corrected chi connectivity index (χ3v) is 9.60. The smallest absolute Gasteiger partial charge is 0.255 e. The van der Waals surface area contributed by atoms with Gasteiger partial charge in [0.2, 0.25) is 5.78 Å². The molecule has 0 spiro atoms. The number of nitrogens with zero attached hydrogens (tertiary/aromatic N) is 2. The molecule has 216 valence electrons. The van der Waals surface area contributed by atoms with Crippen LogP contribution in [0.4, 0.5) is 5.69 Å². The number of aromatic hydroxyl groups is 1. The SMILES string of the molecule is C[C@H]1[C@H]2C(=C(O)c3c(ccc(NC4CCN(C)CC4)c3O)[C@@H]2C)C(=O)[C@]2(O)C(O)=C(C(N)=O)C(=O)[C@@H](N(C)C)[C@H]12. The molecule has 5 rings (SSSR count). The van der Waals surface area contributed by atoms with Gasteiger partial charge in [-0.1, -0.05) is 19.9 Å². The van der Waals surface area contributed by atoms with Gasteiger partial charge in [0.15, 0.2) is 11.4 Å². The minimum absolute atomic E-state index is 0.0916. The van der Waals surface area contributed by atoms with Crippen molar-refractivity contribution in [2.75, 3.05) is 39.5 Å². The predicted octanol–water partition coefficient (Wildman–Crippen LogP) is 1.28. The minimum Gasteiger partial charge on any atom is -0.508 e. The lowest BCUT2D eigenvalue weighted by Crippen LogP contribution is -2.68. The second-order valence-electron chi connectivity index (χ2n) is 12.1. The molecule has 7 N–H and O–H groups in total. The van der Waals surface area contributed by atoms with Crippen molar-refractivity contribution in [3.63, 3.8) is 0 Å². The van der Waals surface area contributed by atoms with Crippen LogP contribution in [0.5, 0.6) is 5.75 Å². The van der Waals surface area contributed by atoms with Gasteiger partial charge < -0.3 is 36.4 Å². The molecule has 1 aliphatic heterocycles. The quantitative estimate of drug-likeness (QED) is 0.235. The Hall–Kier alpha value is -3.41. The van der Waals surface area contributed by atoms with Crippen molar-refractivity contribution in [2.24, 2.45) is 23.5 Å². The first-order valence-corrected chi connectivity index (χ1v) is 13.7. The summed E-state index contributed by atoms with van der Waals surface area (Å²) in [7, 11) is 5.22. The van der Waals surface area contributed by atoms with E-state index in [9.17, 15) is 34.8 Å². The topological polar surface area (TPSA) is 177 Å². The average Bonchev–Trinajstić information content (AvgIpc) is 2.88. The van der Waals surface area contributed by atoms with Crippen LogP contribution in [0.25, 0.3) is 5.76 Å². The van der Waals surface area contributed by atoms with Crippen LogP contribution in [-0.4, -0.2) is 99.6 Å². The number of nitrogens with one attached hydrogen (secondary N) is 1. The lowest BCUT2D eigenvalue weighted by Gasteiger charge is -2.54. The van der Waals surface area contributed by atoms with Crippen LogP contribution in [0.3, 0.4) is 0 Å². The molecule has 1 amide bonds. The first-order chi connectivity index (χ1) is 18.7. The Bertz CT molecular complexity index is 1360. The van der Waals surface area contributed by atoms with Crippen LogP contribution in [0.15, 0.2) is 29.0 Å². The number of carbonyl (C=O) groups excluding carboxylic acids is 3. The predicted molar refractivity (Wildman–Crippen MR) is 148 cm³/mol. The highest BCUT2D eigenvalue weighted by Crippen LogP contribution is 2.58. The molecule has 4 aliphatic rings. The van der Waals surface area contributed by atoms with E-state index in [1.54, 1.807) is 27.1 Å². The number of rotatable bonds is 4. The van der Waals surface area contributed by atoms with Crippen LogP contribution >= 0.6 is 0 Å².